The molecule has 1 aliphatic heterocycles. The molecule has 0 spiro atoms. The van der Waals surface area contributed by atoms with Crippen LogP contribution in [0.25, 0.3) is 0 Å². The third-order valence-corrected chi connectivity index (χ3v) is 4.86. The van der Waals surface area contributed by atoms with Crippen molar-refractivity contribution in [1.82, 2.24) is 4.90 Å². The van der Waals surface area contributed by atoms with Crippen LogP contribution in [0.3, 0.4) is 0 Å². The molecule has 0 unspecified atom stereocenters. The fraction of sp³-hybridized carbons (Fsp3) is 0.857. The summed E-state index contributed by atoms with van der Waals surface area (Å²) >= 11 is 0. The molecular formula is C21H39NO. The quantitative estimate of drug-likeness (QED) is 0.290. The van der Waals surface area contributed by atoms with Crippen molar-refractivity contribution in [2.45, 2.75) is 103 Å². The first kappa shape index (κ1) is 20.3. The maximum absolute atomic E-state index is 12.0. The van der Waals surface area contributed by atoms with E-state index in [1.807, 2.05) is 0 Å². The van der Waals surface area contributed by atoms with Gasteiger partial charge in [0.05, 0.1) is 0 Å². The number of rotatable bonds is 13. The predicted molar refractivity (Wildman–Crippen MR) is 101 cm³/mol. The third kappa shape index (κ3) is 11.4. The molecule has 0 aliphatic carbocycles. The Balaban J connectivity index is 1.81. The molecular weight excluding hydrogens is 282 g/mol. The van der Waals surface area contributed by atoms with Crippen LogP contribution in [0, 0.1) is 0 Å². The van der Waals surface area contributed by atoms with Crippen LogP contribution in [0.1, 0.15) is 103 Å². The lowest BCUT2D eigenvalue weighted by Crippen LogP contribution is -2.35. The van der Waals surface area contributed by atoms with Gasteiger partial charge < -0.3 is 4.90 Å². The maximum atomic E-state index is 12.0. The van der Waals surface area contributed by atoms with E-state index in [2.05, 4.69) is 24.0 Å². The molecule has 0 bridgehead atoms. The number of carbonyl (C=O) groups excluding carboxylic acids is 1. The van der Waals surface area contributed by atoms with Gasteiger partial charge in [-0.05, 0) is 51.4 Å². The van der Waals surface area contributed by atoms with Gasteiger partial charge in [-0.1, -0.05) is 57.6 Å². The van der Waals surface area contributed by atoms with Gasteiger partial charge in [0.1, 0.15) is 0 Å². The number of allylic oxidation sites excluding steroid dienone is 2. The van der Waals surface area contributed by atoms with Crippen molar-refractivity contribution in [3.8, 4) is 0 Å². The summed E-state index contributed by atoms with van der Waals surface area (Å²) in [7, 11) is 0. The van der Waals surface area contributed by atoms with Gasteiger partial charge in [0.2, 0.25) is 5.91 Å². The zero-order valence-corrected chi connectivity index (χ0v) is 15.5. The first-order valence-electron chi connectivity index (χ1n) is 10.3. The molecule has 1 fully saturated rings. The van der Waals surface area contributed by atoms with E-state index >= 15 is 0 Å². The van der Waals surface area contributed by atoms with Crippen molar-refractivity contribution >= 4 is 5.91 Å². The van der Waals surface area contributed by atoms with Crippen LogP contribution in [0.5, 0.6) is 0 Å². The number of amides is 1. The van der Waals surface area contributed by atoms with Crippen LogP contribution in [0.15, 0.2) is 12.2 Å². The lowest BCUT2D eigenvalue weighted by atomic mass is 10.1. The van der Waals surface area contributed by atoms with E-state index < -0.39 is 0 Å². The van der Waals surface area contributed by atoms with E-state index in [4.69, 9.17) is 0 Å². The number of nitrogens with zero attached hydrogens (tertiary/aromatic N) is 1. The zero-order valence-electron chi connectivity index (χ0n) is 15.5. The third-order valence-electron chi connectivity index (χ3n) is 4.86. The standard InChI is InChI=1S/C21H39NO/c1-2-3-4-5-6-7-8-9-10-11-12-13-15-18-21(23)22-19-16-14-17-20-22/h6-7H,2-5,8-20H2,1H3. The number of hydrogen-bond donors (Lipinski definition) is 0. The average Bonchev–Trinajstić information content (AvgIpc) is 2.59. The Bertz CT molecular complexity index is 305. The Labute approximate surface area is 144 Å². The van der Waals surface area contributed by atoms with Gasteiger partial charge in [-0.25, -0.2) is 0 Å². The van der Waals surface area contributed by atoms with Gasteiger partial charge >= 0.3 is 0 Å². The molecule has 2 heteroatoms. The molecule has 0 aromatic carbocycles. The number of likely N-dealkylation sites (tertiary alicyclic amines) is 1. The number of unbranched alkanes of at least 4 members (excludes halogenated alkanes) is 9. The van der Waals surface area contributed by atoms with E-state index in [9.17, 15) is 4.79 Å². The zero-order chi connectivity index (χ0) is 16.6. The van der Waals surface area contributed by atoms with Crippen molar-refractivity contribution in [1.29, 1.82) is 0 Å². The molecule has 1 rings (SSSR count). The summed E-state index contributed by atoms with van der Waals surface area (Å²) in [6.07, 6.45) is 23.4. The molecule has 0 aromatic heterocycles. The van der Waals surface area contributed by atoms with Gasteiger partial charge in [0, 0.05) is 19.5 Å². The molecule has 1 amide bonds. The van der Waals surface area contributed by atoms with Gasteiger partial charge in [-0.15, -0.1) is 0 Å². The molecule has 1 saturated heterocycles. The summed E-state index contributed by atoms with van der Waals surface area (Å²) in [5.41, 5.74) is 0. The first-order chi connectivity index (χ1) is 11.3. The van der Waals surface area contributed by atoms with Crippen LogP contribution in [-0.4, -0.2) is 23.9 Å². The van der Waals surface area contributed by atoms with Gasteiger partial charge in [0.15, 0.2) is 0 Å². The van der Waals surface area contributed by atoms with E-state index in [1.54, 1.807) is 0 Å². The average molecular weight is 322 g/mol. The van der Waals surface area contributed by atoms with Gasteiger partial charge in [-0.3, -0.25) is 4.79 Å². The van der Waals surface area contributed by atoms with Crippen LogP contribution in [-0.2, 0) is 4.79 Å². The largest absolute Gasteiger partial charge is 0.343 e. The second-order valence-electron chi connectivity index (χ2n) is 7.07. The Morgan fingerprint density at radius 3 is 2.00 bits per heavy atom. The van der Waals surface area contributed by atoms with Crippen LogP contribution in [0.4, 0.5) is 0 Å². The van der Waals surface area contributed by atoms with E-state index in [0.29, 0.717) is 5.91 Å². The van der Waals surface area contributed by atoms with Crippen molar-refractivity contribution in [2.75, 3.05) is 13.1 Å². The molecule has 1 aliphatic rings. The molecule has 0 saturated carbocycles. The lowest BCUT2D eigenvalue weighted by Gasteiger charge is -2.26. The summed E-state index contributed by atoms with van der Waals surface area (Å²) in [5, 5.41) is 0. The smallest absolute Gasteiger partial charge is 0.222 e. The molecule has 2 nitrogen and oxygen atoms in total. The van der Waals surface area contributed by atoms with E-state index in [1.165, 1.54) is 83.5 Å². The SMILES string of the molecule is CCCCCC=CCCCCCCCCC(=O)N1CCCCC1. The molecule has 134 valence electrons. The Hall–Kier alpha value is -0.790. The minimum absolute atomic E-state index is 0.401. The highest BCUT2D eigenvalue weighted by Gasteiger charge is 2.15. The molecule has 1 heterocycles. The summed E-state index contributed by atoms with van der Waals surface area (Å²) in [6.45, 7) is 4.27. The molecule has 0 atom stereocenters. The van der Waals surface area contributed by atoms with Crippen LogP contribution in [0.2, 0.25) is 0 Å². The molecule has 0 N–H and O–H groups in total. The minimum atomic E-state index is 0.401. The Morgan fingerprint density at radius 2 is 1.35 bits per heavy atom. The first-order valence-corrected chi connectivity index (χ1v) is 10.3. The lowest BCUT2D eigenvalue weighted by molar-refractivity contribution is -0.132. The summed E-state index contributed by atoms with van der Waals surface area (Å²) in [5.74, 6) is 0.401. The molecule has 0 radical (unpaired) electrons. The summed E-state index contributed by atoms with van der Waals surface area (Å²) < 4.78 is 0. The van der Waals surface area contributed by atoms with Crippen molar-refractivity contribution < 1.29 is 4.79 Å². The molecule has 0 aromatic rings. The monoisotopic (exact) mass is 321 g/mol. The second-order valence-corrected chi connectivity index (χ2v) is 7.07. The fourth-order valence-electron chi connectivity index (χ4n) is 3.29. The highest BCUT2D eigenvalue weighted by molar-refractivity contribution is 5.76. The van der Waals surface area contributed by atoms with Gasteiger partial charge in [-0.2, -0.15) is 0 Å². The van der Waals surface area contributed by atoms with Crippen LogP contribution >= 0.6 is 0 Å². The van der Waals surface area contributed by atoms with Crippen LogP contribution < -0.4 is 0 Å². The van der Waals surface area contributed by atoms with Crippen molar-refractivity contribution in [3.05, 3.63) is 12.2 Å². The summed E-state index contributed by atoms with van der Waals surface area (Å²) in [6, 6.07) is 0. The van der Waals surface area contributed by atoms with E-state index in [-0.39, 0.29) is 0 Å². The molecule has 23 heavy (non-hydrogen) atoms. The summed E-state index contributed by atoms with van der Waals surface area (Å²) in [4.78, 5) is 14.1. The number of piperidine rings is 1. The Kier molecular flexibility index (Phi) is 13.0. The Morgan fingerprint density at radius 1 is 0.783 bits per heavy atom. The fourth-order valence-corrected chi connectivity index (χ4v) is 3.29. The van der Waals surface area contributed by atoms with Crippen molar-refractivity contribution in [2.24, 2.45) is 0 Å². The highest BCUT2D eigenvalue weighted by atomic mass is 16.2. The second kappa shape index (κ2) is 14.8. The van der Waals surface area contributed by atoms with E-state index in [0.717, 1.165) is 25.9 Å². The number of hydrogen-bond acceptors (Lipinski definition) is 1. The highest BCUT2D eigenvalue weighted by Crippen LogP contribution is 2.13. The predicted octanol–water partition coefficient (Wildman–Crippen LogP) is 6.26. The van der Waals surface area contributed by atoms with Gasteiger partial charge in [0.25, 0.3) is 0 Å². The normalized spacial score (nSPS) is 15.4. The number of carbonyl (C=O) groups is 1. The minimum Gasteiger partial charge on any atom is -0.343 e. The maximum Gasteiger partial charge on any atom is 0.222 e. The van der Waals surface area contributed by atoms with Crippen molar-refractivity contribution in [3.63, 3.8) is 0 Å². The topological polar surface area (TPSA) is 20.3 Å².